The monoisotopic (exact) mass is 256 g/mol. The van der Waals surface area contributed by atoms with Gasteiger partial charge in [-0.2, -0.15) is 0 Å². The van der Waals surface area contributed by atoms with Crippen LogP contribution < -0.4 is 5.73 Å². The Morgan fingerprint density at radius 3 is 2.33 bits per heavy atom. The lowest BCUT2D eigenvalue weighted by atomic mass is 9.69. The highest BCUT2D eigenvalue weighted by Crippen LogP contribution is 2.39. The van der Waals surface area contributed by atoms with Gasteiger partial charge in [0.2, 0.25) is 0 Å². The van der Waals surface area contributed by atoms with Gasteiger partial charge in [0, 0.05) is 25.3 Å². The number of ether oxygens (including phenoxy) is 1. The molecule has 0 aromatic rings. The van der Waals surface area contributed by atoms with Crippen LogP contribution in [0.1, 0.15) is 46.0 Å². The van der Waals surface area contributed by atoms with Gasteiger partial charge in [0.05, 0.1) is 0 Å². The van der Waals surface area contributed by atoms with Crippen molar-refractivity contribution in [2.75, 3.05) is 27.8 Å². The molecule has 2 atom stereocenters. The third-order valence-corrected chi connectivity index (χ3v) is 5.04. The average molecular weight is 256 g/mol. The van der Waals surface area contributed by atoms with Crippen molar-refractivity contribution in [3.05, 3.63) is 0 Å². The molecular formula is C15H32N2O. The fourth-order valence-corrected chi connectivity index (χ4v) is 3.35. The summed E-state index contributed by atoms with van der Waals surface area (Å²) in [6.07, 6.45) is 6.15. The Kier molecular flexibility index (Phi) is 6.09. The largest absolute Gasteiger partial charge is 0.385 e. The van der Waals surface area contributed by atoms with Gasteiger partial charge in [-0.3, -0.25) is 0 Å². The molecule has 2 N–H and O–H groups in total. The van der Waals surface area contributed by atoms with Crippen LogP contribution in [0.4, 0.5) is 0 Å². The lowest BCUT2D eigenvalue weighted by Gasteiger charge is -2.50. The van der Waals surface area contributed by atoms with Crippen molar-refractivity contribution in [2.24, 2.45) is 17.6 Å². The zero-order valence-corrected chi connectivity index (χ0v) is 12.9. The van der Waals surface area contributed by atoms with Crippen LogP contribution in [0.5, 0.6) is 0 Å². The predicted octanol–water partition coefficient (Wildman–Crippen LogP) is 2.50. The molecule has 0 bridgehead atoms. The number of hydrogen-bond acceptors (Lipinski definition) is 3. The summed E-state index contributed by atoms with van der Waals surface area (Å²) in [5.74, 6) is 1.38. The van der Waals surface area contributed by atoms with E-state index in [1.165, 1.54) is 25.7 Å². The zero-order valence-electron chi connectivity index (χ0n) is 12.9. The molecule has 0 aromatic carbocycles. The van der Waals surface area contributed by atoms with Gasteiger partial charge >= 0.3 is 0 Å². The Balaban J connectivity index is 2.71. The summed E-state index contributed by atoms with van der Waals surface area (Å²) in [7, 11) is 6.15. The smallest absolute Gasteiger partial charge is 0.0465 e. The standard InChI is InChI=1S/C15H32N2O/c1-12-6-9-15(10-7-12,17(3)4)14(16)13(2)8-11-18-5/h12-14H,6-11,16H2,1-5H3. The fraction of sp³-hybridized carbons (Fsp3) is 1.00. The van der Waals surface area contributed by atoms with Crippen LogP contribution in [-0.4, -0.2) is 44.3 Å². The molecule has 1 rings (SSSR count). The van der Waals surface area contributed by atoms with E-state index in [1.807, 2.05) is 0 Å². The molecule has 0 aromatic heterocycles. The fourth-order valence-electron chi connectivity index (χ4n) is 3.35. The summed E-state index contributed by atoms with van der Waals surface area (Å²) in [6, 6.07) is 0.246. The quantitative estimate of drug-likeness (QED) is 0.793. The second-order valence-corrected chi connectivity index (χ2v) is 6.47. The Labute approximate surface area is 113 Å². The molecule has 1 fully saturated rings. The van der Waals surface area contributed by atoms with Crippen LogP contribution in [-0.2, 0) is 4.74 Å². The van der Waals surface area contributed by atoms with Crippen LogP contribution >= 0.6 is 0 Å². The maximum absolute atomic E-state index is 6.62. The molecule has 18 heavy (non-hydrogen) atoms. The first-order valence-electron chi connectivity index (χ1n) is 7.36. The highest BCUT2D eigenvalue weighted by Gasteiger charge is 2.43. The second-order valence-electron chi connectivity index (χ2n) is 6.47. The Morgan fingerprint density at radius 1 is 1.33 bits per heavy atom. The molecule has 2 unspecified atom stereocenters. The van der Waals surface area contributed by atoms with E-state index < -0.39 is 0 Å². The van der Waals surface area contributed by atoms with Crippen molar-refractivity contribution in [3.63, 3.8) is 0 Å². The normalized spacial score (nSPS) is 32.5. The summed E-state index contributed by atoms with van der Waals surface area (Å²) in [4.78, 5) is 2.38. The van der Waals surface area contributed by atoms with Gasteiger partial charge in [-0.05, 0) is 58.0 Å². The Bertz CT molecular complexity index is 235. The third kappa shape index (κ3) is 3.46. The highest BCUT2D eigenvalue weighted by atomic mass is 16.5. The maximum atomic E-state index is 6.62. The molecule has 0 radical (unpaired) electrons. The minimum absolute atomic E-state index is 0.194. The second kappa shape index (κ2) is 6.88. The van der Waals surface area contributed by atoms with E-state index in [0.717, 1.165) is 18.9 Å². The van der Waals surface area contributed by atoms with Gasteiger partial charge < -0.3 is 15.4 Å². The number of likely N-dealkylation sites (N-methyl/N-ethyl adjacent to an activating group) is 1. The van der Waals surface area contributed by atoms with Crippen molar-refractivity contribution < 1.29 is 4.74 Å². The van der Waals surface area contributed by atoms with Crippen molar-refractivity contribution in [1.82, 2.24) is 4.90 Å². The minimum atomic E-state index is 0.194. The number of methoxy groups -OCH3 is 1. The molecule has 1 aliphatic carbocycles. The minimum Gasteiger partial charge on any atom is -0.385 e. The van der Waals surface area contributed by atoms with E-state index in [4.69, 9.17) is 10.5 Å². The highest BCUT2D eigenvalue weighted by molar-refractivity contribution is 5.01. The van der Waals surface area contributed by atoms with Gasteiger partial charge in [-0.15, -0.1) is 0 Å². The van der Waals surface area contributed by atoms with Gasteiger partial charge in [-0.25, -0.2) is 0 Å². The van der Waals surface area contributed by atoms with Crippen molar-refractivity contribution in [1.29, 1.82) is 0 Å². The van der Waals surface area contributed by atoms with Gasteiger partial charge in [0.25, 0.3) is 0 Å². The van der Waals surface area contributed by atoms with E-state index in [9.17, 15) is 0 Å². The first kappa shape index (κ1) is 15.9. The van der Waals surface area contributed by atoms with Crippen LogP contribution in [0, 0.1) is 11.8 Å². The molecule has 0 spiro atoms. The maximum Gasteiger partial charge on any atom is 0.0465 e. The van der Waals surface area contributed by atoms with Gasteiger partial charge in [0.1, 0.15) is 0 Å². The molecule has 0 heterocycles. The first-order valence-corrected chi connectivity index (χ1v) is 7.36. The number of nitrogens with two attached hydrogens (primary N) is 1. The SMILES string of the molecule is COCCC(C)C(N)C1(N(C)C)CCC(C)CC1. The zero-order chi connectivity index (χ0) is 13.8. The summed E-state index contributed by atoms with van der Waals surface area (Å²) < 4.78 is 5.19. The van der Waals surface area contributed by atoms with E-state index in [-0.39, 0.29) is 11.6 Å². The molecule has 3 nitrogen and oxygen atoms in total. The van der Waals surface area contributed by atoms with E-state index in [1.54, 1.807) is 7.11 Å². The number of nitrogens with zero attached hydrogens (tertiary/aromatic N) is 1. The molecule has 1 saturated carbocycles. The van der Waals surface area contributed by atoms with Crippen LogP contribution in [0.3, 0.4) is 0 Å². The van der Waals surface area contributed by atoms with Crippen molar-refractivity contribution in [3.8, 4) is 0 Å². The summed E-state index contributed by atoms with van der Waals surface area (Å²) >= 11 is 0. The summed E-state index contributed by atoms with van der Waals surface area (Å²) in [6.45, 7) is 5.45. The molecule has 0 aliphatic heterocycles. The molecule has 0 amide bonds. The molecule has 1 aliphatic rings. The first-order chi connectivity index (χ1) is 8.44. The van der Waals surface area contributed by atoms with E-state index in [0.29, 0.717) is 5.92 Å². The lowest BCUT2D eigenvalue weighted by molar-refractivity contribution is 0.0330. The third-order valence-electron chi connectivity index (χ3n) is 5.04. The molecule has 108 valence electrons. The Hall–Kier alpha value is -0.120. The van der Waals surface area contributed by atoms with Crippen LogP contribution in [0.2, 0.25) is 0 Å². The predicted molar refractivity (Wildman–Crippen MR) is 77.7 cm³/mol. The van der Waals surface area contributed by atoms with E-state index >= 15 is 0 Å². The molecular weight excluding hydrogens is 224 g/mol. The van der Waals surface area contributed by atoms with Gasteiger partial charge in [0.15, 0.2) is 0 Å². The number of rotatable bonds is 6. The lowest BCUT2D eigenvalue weighted by Crippen LogP contribution is -2.61. The molecule has 0 saturated heterocycles. The number of hydrogen-bond donors (Lipinski definition) is 1. The molecule has 3 heteroatoms. The van der Waals surface area contributed by atoms with Crippen molar-refractivity contribution in [2.45, 2.75) is 57.5 Å². The van der Waals surface area contributed by atoms with Crippen LogP contribution in [0.25, 0.3) is 0 Å². The summed E-state index contributed by atoms with van der Waals surface area (Å²) in [5.41, 5.74) is 6.81. The van der Waals surface area contributed by atoms with Crippen molar-refractivity contribution >= 4 is 0 Å². The van der Waals surface area contributed by atoms with Gasteiger partial charge in [-0.1, -0.05) is 13.8 Å². The Morgan fingerprint density at radius 2 is 1.89 bits per heavy atom. The van der Waals surface area contributed by atoms with E-state index in [2.05, 4.69) is 32.8 Å². The summed E-state index contributed by atoms with van der Waals surface area (Å²) in [5, 5.41) is 0. The topological polar surface area (TPSA) is 38.5 Å². The van der Waals surface area contributed by atoms with Crippen LogP contribution in [0.15, 0.2) is 0 Å². The average Bonchev–Trinajstić information content (AvgIpc) is 2.36.